The van der Waals surface area contributed by atoms with E-state index in [0.29, 0.717) is 17.1 Å². The van der Waals surface area contributed by atoms with Crippen molar-refractivity contribution >= 4 is 45.5 Å². The maximum atomic E-state index is 13.8. The minimum atomic E-state index is -0.161. The van der Waals surface area contributed by atoms with Gasteiger partial charge < -0.3 is 9.80 Å². The van der Waals surface area contributed by atoms with Gasteiger partial charge in [-0.15, -0.1) is 11.3 Å². The minimum Gasteiger partial charge on any atom is -0.330 e. The average Bonchev–Trinajstić information content (AvgIpc) is 3.62. The number of fused-ring (bicyclic) bond motifs is 2. The SMILES string of the molecule is O=C(c1ccc2ccccc2c1)N(CC(=O)N1CCc2sccc2C1c1ccc(Cl)cc1)C1CC1. The number of hydrogen-bond acceptors (Lipinski definition) is 3. The molecule has 1 fully saturated rings. The first-order chi connectivity index (χ1) is 17.1. The molecule has 6 rings (SSSR count). The number of hydrogen-bond donors (Lipinski definition) is 0. The second-order valence-electron chi connectivity index (χ2n) is 9.32. The van der Waals surface area contributed by atoms with Gasteiger partial charge in [-0.25, -0.2) is 0 Å². The molecule has 0 saturated heterocycles. The molecule has 1 saturated carbocycles. The summed E-state index contributed by atoms with van der Waals surface area (Å²) in [5.41, 5.74) is 2.85. The summed E-state index contributed by atoms with van der Waals surface area (Å²) < 4.78 is 0. The summed E-state index contributed by atoms with van der Waals surface area (Å²) in [6.07, 6.45) is 2.73. The standard InChI is InChI=1S/C29H25ClN2O2S/c30-23-9-7-20(8-10-23)28-25-14-16-35-26(25)13-15-31(28)27(33)18-32(24-11-12-24)29(34)22-6-5-19-3-1-2-4-21(19)17-22/h1-10,14,16-17,24,28H,11-13,15,18H2. The van der Waals surface area contributed by atoms with Crippen LogP contribution in [0.3, 0.4) is 0 Å². The summed E-state index contributed by atoms with van der Waals surface area (Å²) in [6, 6.07) is 23.7. The van der Waals surface area contributed by atoms with E-state index in [1.165, 1.54) is 10.4 Å². The Morgan fingerprint density at radius 3 is 2.51 bits per heavy atom. The summed E-state index contributed by atoms with van der Waals surface area (Å²) in [5, 5.41) is 4.91. The molecule has 0 bridgehead atoms. The first-order valence-corrected chi connectivity index (χ1v) is 13.3. The zero-order valence-electron chi connectivity index (χ0n) is 19.2. The van der Waals surface area contributed by atoms with Gasteiger partial charge in [0.05, 0.1) is 6.04 Å². The Balaban J connectivity index is 1.29. The number of carbonyl (C=O) groups is 2. The van der Waals surface area contributed by atoms with E-state index in [2.05, 4.69) is 11.4 Å². The van der Waals surface area contributed by atoms with E-state index in [-0.39, 0.29) is 30.4 Å². The van der Waals surface area contributed by atoms with Crippen LogP contribution >= 0.6 is 22.9 Å². The third-order valence-corrected chi connectivity index (χ3v) is 8.27. The van der Waals surface area contributed by atoms with Crippen molar-refractivity contribution in [2.75, 3.05) is 13.1 Å². The molecule has 4 nitrogen and oxygen atoms in total. The average molecular weight is 501 g/mol. The molecule has 3 aromatic carbocycles. The van der Waals surface area contributed by atoms with Crippen molar-refractivity contribution in [3.63, 3.8) is 0 Å². The van der Waals surface area contributed by atoms with Crippen molar-refractivity contribution in [2.24, 2.45) is 0 Å². The quantitative estimate of drug-likeness (QED) is 0.321. The molecule has 176 valence electrons. The molecular formula is C29H25ClN2O2S. The first kappa shape index (κ1) is 22.3. The summed E-state index contributed by atoms with van der Waals surface area (Å²) in [5.74, 6) is -0.0780. The van der Waals surface area contributed by atoms with Crippen LogP contribution in [0.2, 0.25) is 5.02 Å². The van der Waals surface area contributed by atoms with Crippen LogP contribution < -0.4 is 0 Å². The second kappa shape index (κ2) is 9.14. The van der Waals surface area contributed by atoms with Gasteiger partial charge in [-0.05, 0) is 76.9 Å². The van der Waals surface area contributed by atoms with Gasteiger partial charge in [0.15, 0.2) is 0 Å². The number of thiophene rings is 1. The van der Waals surface area contributed by atoms with Crippen molar-refractivity contribution in [3.05, 3.63) is 105 Å². The summed E-state index contributed by atoms with van der Waals surface area (Å²) in [7, 11) is 0. The number of carbonyl (C=O) groups excluding carboxylic acids is 2. The molecule has 2 heterocycles. The number of halogens is 1. The van der Waals surface area contributed by atoms with Crippen molar-refractivity contribution < 1.29 is 9.59 Å². The predicted octanol–water partition coefficient (Wildman–Crippen LogP) is 6.33. The molecular weight excluding hydrogens is 476 g/mol. The number of benzene rings is 3. The number of amides is 2. The fourth-order valence-corrected chi connectivity index (χ4v) is 6.10. The molecule has 2 aliphatic rings. The Morgan fingerprint density at radius 1 is 0.971 bits per heavy atom. The molecule has 35 heavy (non-hydrogen) atoms. The van der Waals surface area contributed by atoms with Crippen LogP contribution in [-0.4, -0.2) is 40.7 Å². The Morgan fingerprint density at radius 2 is 1.74 bits per heavy atom. The zero-order chi connectivity index (χ0) is 23.9. The van der Waals surface area contributed by atoms with Gasteiger partial charge in [0.1, 0.15) is 6.54 Å². The highest BCUT2D eigenvalue weighted by molar-refractivity contribution is 7.10. The summed E-state index contributed by atoms with van der Waals surface area (Å²) in [6.45, 7) is 0.738. The van der Waals surface area contributed by atoms with E-state index in [0.717, 1.165) is 35.6 Å². The molecule has 1 aliphatic carbocycles. The van der Waals surface area contributed by atoms with E-state index < -0.39 is 0 Å². The van der Waals surface area contributed by atoms with Gasteiger partial charge in [0, 0.05) is 28.0 Å². The van der Waals surface area contributed by atoms with Crippen LogP contribution in [0.25, 0.3) is 10.8 Å². The number of nitrogens with zero attached hydrogens (tertiary/aromatic N) is 2. The largest absolute Gasteiger partial charge is 0.330 e. The van der Waals surface area contributed by atoms with E-state index in [1.807, 2.05) is 71.6 Å². The third kappa shape index (κ3) is 4.35. The fourth-order valence-electron chi connectivity index (χ4n) is 5.07. The van der Waals surface area contributed by atoms with Gasteiger partial charge in [-0.1, -0.05) is 54.1 Å². The van der Waals surface area contributed by atoms with Gasteiger partial charge in [0.2, 0.25) is 5.91 Å². The maximum Gasteiger partial charge on any atom is 0.254 e. The predicted molar refractivity (Wildman–Crippen MR) is 141 cm³/mol. The van der Waals surface area contributed by atoms with Crippen LogP contribution in [0.1, 0.15) is 45.2 Å². The topological polar surface area (TPSA) is 40.6 Å². The second-order valence-corrected chi connectivity index (χ2v) is 10.8. The highest BCUT2D eigenvalue weighted by Crippen LogP contribution is 2.38. The summed E-state index contributed by atoms with van der Waals surface area (Å²) >= 11 is 7.89. The Hall–Kier alpha value is -3.15. The Labute approximate surface area is 213 Å². The highest BCUT2D eigenvalue weighted by atomic mass is 35.5. The molecule has 1 unspecified atom stereocenters. The molecule has 0 N–H and O–H groups in total. The van der Waals surface area contributed by atoms with Crippen LogP contribution in [0, 0.1) is 0 Å². The summed E-state index contributed by atoms with van der Waals surface area (Å²) in [4.78, 5) is 32.4. The van der Waals surface area contributed by atoms with E-state index in [1.54, 1.807) is 16.2 Å². The third-order valence-electron chi connectivity index (χ3n) is 7.02. The number of rotatable bonds is 5. The van der Waals surface area contributed by atoms with Crippen LogP contribution in [0.4, 0.5) is 0 Å². The van der Waals surface area contributed by atoms with Gasteiger partial charge >= 0.3 is 0 Å². The molecule has 1 atom stereocenters. The molecule has 4 aromatic rings. The minimum absolute atomic E-state index is 0.0113. The van der Waals surface area contributed by atoms with Crippen LogP contribution in [0.5, 0.6) is 0 Å². The van der Waals surface area contributed by atoms with Crippen LogP contribution in [-0.2, 0) is 11.2 Å². The molecule has 1 aromatic heterocycles. The van der Waals surface area contributed by atoms with Crippen molar-refractivity contribution in [2.45, 2.75) is 31.3 Å². The normalized spacial score (nSPS) is 17.3. The molecule has 1 aliphatic heterocycles. The van der Waals surface area contributed by atoms with E-state index in [4.69, 9.17) is 11.6 Å². The van der Waals surface area contributed by atoms with E-state index in [9.17, 15) is 9.59 Å². The molecule has 0 spiro atoms. The monoisotopic (exact) mass is 500 g/mol. The Bertz CT molecular complexity index is 1410. The van der Waals surface area contributed by atoms with Gasteiger partial charge in [-0.3, -0.25) is 9.59 Å². The Kier molecular flexibility index (Phi) is 5.83. The van der Waals surface area contributed by atoms with E-state index >= 15 is 0 Å². The van der Waals surface area contributed by atoms with Gasteiger partial charge in [-0.2, -0.15) is 0 Å². The zero-order valence-corrected chi connectivity index (χ0v) is 20.8. The lowest BCUT2D eigenvalue weighted by Gasteiger charge is -2.37. The fraction of sp³-hybridized carbons (Fsp3) is 0.241. The molecule has 6 heteroatoms. The lowest BCUT2D eigenvalue weighted by Crippen LogP contribution is -2.47. The van der Waals surface area contributed by atoms with Crippen molar-refractivity contribution in [1.82, 2.24) is 9.80 Å². The first-order valence-electron chi connectivity index (χ1n) is 12.0. The maximum absolute atomic E-state index is 13.8. The van der Waals surface area contributed by atoms with Gasteiger partial charge in [0.25, 0.3) is 5.91 Å². The molecule has 2 amide bonds. The lowest BCUT2D eigenvalue weighted by molar-refractivity contribution is -0.134. The van der Waals surface area contributed by atoms with Crippen LogP contribution in [0.15, 0.2) is 78.2 Å². The smallest absolute Gasteiger partial charge is 0.254 e. The molecule has 0 radical (unpaired) electrons. The lowest BCUT2D eigenvalue weighted by atomic mass is 9.93. The van der Waals surface area contributed by atoms with Crippen molar-refractivity contribution in [3.8, 4) is 0 Å². The highest BCUT2D eigenvalue weighted by Gasteiger charge is 2.38. The van der Waals surface area contributed by atoms with Crippen molar-refractivity contribution in [1.29, 1.82) is 0 Å².